The lowest BCUT2D eigenvalue weighted by Gasteiger charge is -2.28. The van der Waals surface area contributed by atoms with Crippen LogP contribution in [0.15, 0.2) is 42.9 Å². The summed E-state index contributed by atoms with van der Waals surface area (Å²) < 4.78 is 110. The van der Waals surface area contributed by atoms with Crippen LogP contribution < -0.4 is 15.4 Å². The normalized spacial score (nSPS) is 13.7. The number of carbonyl (C=O) groups is 3. The summed E-state index contributed by atoms with van der Waals surface area (Å²) in [4.78, 5) is 45.1. The van der Waals surface area contributed by atoms with Gasteiger partial charge in [-0.3, -0.25) is 9.78 Å². The van der Waals surface area contributed by atoms with Gasteiger partial charge < -0.3 is 35.1 Å². The van der Waals surface area contributed by atoms with E-state index in [1.165, 1.54) is 11.1 Å². The second-order valence-corrected chi connectivity index (χ2v) is 11.3. The van der Waals surface area contributed by atoms with E-state index in [1.54, 1.807) is 24.5 Å². The molecule has 2 aliphatic rings. The summed E-state index contributed by atoms with van der Waals surface area (Å²) in [5.74, 6) is -5.60. The summed E-state index contributed by atoms with van der Waals surface area (Å²) in [6, 6.07) is 7.36. The number of rotatable bonds is 3. The highest BCUT2D eigenvalue weighted by Crippen LogP contribution is 2.31. The fourth-order valence-electron chi connectivity index (χ4n) is 4.56. The predicted octanol–water partition coefficient (Wildman–Crippen LogP) is 5.41. The van der Waals surface area contributed by atoms with Crippen molar-refractivity contribution in [2.45, 2.75) is 44.5 Å². The number of ether oxygens (including phenoxy) is 1. The van der Waals surface area contributed by atoms with Gasteiger partial charge in [0.05, 0.1) is 24.6 Å². The number of aliphatic carboxylic acids is 2. The van der Waals surface area contributed by atoms with E-state index in [0.717, 1.165) is 21.4 Å². The van der Waals surface area contributed by atoms with E-state index >= 15 is 0 Å². The number of benzene rings is 1. The van der Waals surface area contributed by atoms with Gasteiger partial charge in [-0.05, 0) is 48.2 Å². The topological polar surface area (TPSA) is 198 Å². The van der Waals surface area contributed by atoms with Gasteiger partial charge in [-0.1, -0.05) is 11.6 Å². The second-order valence-electron chi connectivity index (χ2n) is 10.8. The Morgan fingerprint density at radius 2 is 1.52 bits per heavy atom. The van der Waals surface area contributed by atoms with Crippen LogP contribution >= 0.6 is 11.6 Å². The van der Waals surface area contributed by atoms with Crippen molar-refractivity contribution in [2.24, 2.45) is 0 Å². The molecular weight excluding hydrogens is 777 g/mol. The van der Waals surface area contributed by atoms with Gasteiger partial charge in [-0.15, -0.1) is 10.2 Å². The zero-order chi connectivity index (χ0) is 40.0. The maximum Gasteiger partial charge on any atom is 0.490 e. The molecular formula is C29H23ClF9N9O6. The average molecular weight is 800 g/mol. The number of anilines is 4. The van der Waals surface area contributed by atoms with Gasteiger partial charge in [0.15, 0.2) is 18.2 Å². The van der Waals surface area contributed by atoms with Crippen LogP contribution in [0.4, 0.5) is 62.7 Å². The minimum absolute atomic E-state index is 0.0518. The first-order valence-corrected chi connectivity index (χ1v) is 15.1. The van der Waals surface area contributed by atoms with Gasteiger partial charge in [0.25, 0.3) is 5.91 Å². The van der Waals surface area contributed by atoms with Gasteiger partial charge in [0, 0.05) is 25.0 Å². The van der Waals surface area contributed by atoms with Crippen molar-refractivity contribution >= 4 is 52.6 Å². The number of alkyl halides is 9. The zero-order valence-electron chi connectivity index (χ0n) is 26.7. The molecule has 0 aliphatic carbocycles. The summed E-state index contributed by atoms with van der Waals surface area (Å²) in [6.07, 6.45) is -8.63. The Hall–Kier alpha value is -5.94. The third kappa shape index (κ3) is 11.0. The standard InChI is InChI=1S/C25H21ClF3N9O2.2C2HF3O2/c26-18-11-31-24-33-17-7-14(9-30-10-17)1-2-15-8-16(32-22(18)34-24)3-4-19(15)40-13-21(39)37-5-6-38-20(12-37)35-36-23(38)25(27,28)29;2*3-2(4,5)1(6)7/h3-4,7-11H,1-2,5-6,12-13H2,(H2,31,32,33,34);2*(H,6,7). The number of aromatic nitrogens is 6. The number of aryl methyl sites for hydroxylation is 2. The molecule has 1 amide bonds. The summed E-state index contributed by atoms with van der Waals surface area (Å²) >= 11 is 6.32. The SMILES string of the molecule is O=C(COc1ccc2cc1CCc1cncc(c1)Nc1ncc(Cl)c(n1)N2)N1CCn2c(nnc2C(F)(F)F)C1.O=C(O)C(F)(F)F.O=C(O)C(F)(F)F. The highest BCUT2D eigenvalue weighted by atomic mass is 35.5. The number of hydrogen-bond acceptors (Lipinski definition) is 11. The Labute approximate surface area is 300 Å². The maximum atomic E-state index is 13.1. The molecule has 6 bridgehead atoms. The largest absolute Gasteiger partial charge is 0.490 e. The molecule has 0 saturated heterocycles. The van der Waals surface area contributed by atoms with E-state index in [4.69, 9.17) is 36.1 Å². The van der Waals surface area contributed by atoms with Gasteiger partial charge in [0.2, 0.25) is 11.8 Å². The molecule has 4 aromatic rings. The molecule has 5 heterocycles. The number of carboxylic acid groups (broad SMARTS) is 2. The molecule has 2 aliphatic heterocycles. The number of carboxylic acids is 2. The van der Waals surface area contributed by atoms with Crippen molar-refractivity contribution in [1.29, 1.82) is 0 Å². The van der Waals surface area contributed by atoms with E-state index in [0.29, 0.717) is 41.1 Å². The molecule has 25 heteroatoms. The van der Waals surface area contributed by atoms with E-state index in [2.05, 4.69) is 35.8 Å². The minimum atomic E-state index is -5.08. The van der Waals surface area contributed by atoms with Crippen molar-refractivity contribution in [3.63, 3.8) is 0 Å². The summed E-state index contributed by atoms with van der Waals surface area (Å²) in [6.45, 7) is -0.336. The highest BCUT2D eigenvalue weighted by Gasteiger charge is 2.40. The first kappa shape index (κ1) is 40.8. The Bertz CT molecular complexity index is 1980. The zero-order valence-corrected chi connectivity index (χ0v) is 27.5. The Morgan fingerprint density at radius 3 is 2.15 bits per heavy atom. The third-order valence-electron chi connectivity index (χ3n) is 7.00. The van der Waals surface area contributed by atoms with Gasteiger partial charge in [0.1, 0.15) is 10.8 Å². The molecule has 0 atom stereocenters. The second kappa shape index (κ2) is 16.4. The van der Waals surface area contributed by atoms with E-state index in [1.807, 2.05) is 12.1 Å². The number of fused-ring (bicyclic) bond motifs is 7. The number of carbonyl (C=O) groups excluding carboxylic acids is 1. The molecule has 0 unspecified atom stereocenters. The Kier molecular flexibility index (Phi) is 12.4. The molecule has 290 valence electrons. The van der Waals surface area contributed by atoms with Crippen LogP contribution in [0.3, 0.4) is 0 Å². The van der Waals surface area contributed by atoms with Crippen LogP contribution in [-0.4, -0.2) is 88.2 Å². The number of halogens is 10. The molecule has 15 nitrogen and oxygen atoms in total. The van der Waals surface area contributed by atoms with Crippen molar-refractivity contribution in [2.75, 3.05) is 23.8 Å². The molecule has 1 aromatic carbocycles. The van der Waals surface area contributed by atoms with Crippen LogP contribution in [0, 0.1) is 0 Å². The van der Waals surface area contributed by atoms with Crippen LogP contribution in [0.2, 0.25) is 5.02 Å². The Balaban J connectivity index is 0.000000396. The number of amides is 1. The van der Waals surface area contributed by atoms with Crippen molar-refractivity contribution in [3.8, 4) is 5.75 Å². The van der Waals surface area contributed by atoms with E-state index in [9.17, 15) is 44.3 Å². The van der Waals surface area contributed by atoms with Crippen LogP contribution in [0.5, 0.6) is 5.75 Å². The smallest absolute Gasteiger partial charge is 0.483 e. The minimum Gasteiger partial charge on any atom is -0.483 e. The predicted molar refractivity (Wildman–Crippen MR) is 165 cm³/mol. The fraction of sp³-hybridized carbons (Fsp3) is 0.310. The monoisotopic (exact) mass is 799 g/mol. The number of nitrogens with one attached hydrogen (secondary N) is 2. The lowest BCUT2D eigenvalue weighted by molar-refractivity contribution is -0.193. The Morgan fingerprint density at radius 1 is 0.852 bits per heavy atom. The molecule has 6 rings (SSSR count). The van der Waals surface area contributed by atoms with Crippen LogP contribution in [0.25, 0.3) is 0 Å². The van der Waals surface area contributed by atoms with Crippen LogP contribution in [-0.2, 0) is 46.5 Å². The highest BCUT2D eigenvalue weighted by molar-refractivity contribution is 6.32. The van der Waals surface area contributed by atoms with Crippen molar-refractivity contribution in [1.82, 2.24) is 34.6 Å². The summed E-state index contributed by atoms with van der Waals surface area (Å²) in [5.41, 5.74) is 3.22. The first-order valence-electron chi connectivity index (χ1n) is 14.7. The fourth-order valence-corrected chi connectivity index (χ4v) is 4.70. The average Bonchev–Trinajstić information content (AvgIpc) is 3.52. The number of nitrogens with zero attached hydrogens (tertiary/aromatic N) is 7. The van der Waals surface area contributed by atoms with E-state index < -0.39 is 36.3 Å². The molecule has 0 radical (unpaired) electrons. The molecule has 0 spiro atoms. The number of pyridine rings is 1. The van der Waals surface area contributed by atoms with Crippen LogP contribution in [0.1, 0.15) is 22.8 Å². The van der Waals surface area contributed by atoms with Crippen molar-refractivity contribution in [3.05, 3.63) is 70.7 Å². The molecule has 3 aromatic heterocycles. The summed E-state index contributed by atoms with van der Waals surface area (Å²) in [7, 11) is 0. The lowest BCUT2D eigenvalue weighted by Crippen LogP contribution is -2.41. The van der Waals surface area contributed by atoms with Gasteiger partial charge in [-0.25, -0.2) is 14.6 Å². The third-order valence-corrected chi connectivity index (χ3v) is 7.27. The van der Waals surface area contributed by atoms with Gasteiger partial charge in [-0.2, -0.15) is 44.5 Å². The maximum absolute atomic E-state index is 13.1. The molecule has 4 N–H and O–H groups in total. The van der Waals surface area contributed by atoms with Crippen molar-refractivity contribution < 1.29 is 68.8 Å². The van der Waals surface area contributed by atoms with E-state index in [-0.39, 0.29) is 38.0 Å². The number of hydrogen-bond donors (Lipinski definition) is 4. The van der Waals surface area contributed by atoms with Gasteiger partial charge >= 0.3 is 30.5 Å². The molecule has 0 fully saturated rings. The molecule has 0 saturated carbocycles. The first-order chi connectivity index (χ1) is 25.1. The quantitative estimate of drug-likeness (QED) is 0.192. The molecule has 54 heavy (non-hydrogen) atoms. The lowest BCUT2D eigenvalue weighted by atomic mass is 10.0. The summed E-state index contributed by atoms with van der Waals surface area (Å²) in [5, 5.41) is 27.8.